The van der Waals surface area contributed by atoms with Crippen molar-refractivity contribution in [1.29, 1.82) is 0 Å². The van der Waals surface area contributed by atoms with Crippen molar-refractivity contribution in [1.82, 2.24) is 10.6 Å². The fourth-order valence-electron chi connectivity index (χ4n) is 2.86. The van der Waals surface area contributed by atoms with Gasteiger partial charge in [0.15, 0.2) is 0 Å². The zero-order chi connectivity index (χ0) is 14.7. The zero-order valence-electron chi connectivity index (χ0n) is 12.0. The molecule has 0 atom stereocenters. The molecule has 1 amide bonds. The van der Waals surface area contributed by atoms with Gasteiger partial charge in [0, 0.05) is 18.1 Å². The minimum Gasteiger partial charge on any atom is -0.445 e. The Morgan fingerprint density at radius 2 is 1.76 bits per heavy atom. The summed E-state index contributed by atoms with van der Waals surface area (Å²) in [5.41, 5.74) is 0.990. The Balaban J connectivity index is 1.28. The Hall–Kier alpha value is -1.59. The van der Waals surface area contributed by atoms with Crippen molar-refractivity contribution in [2.24, 2.45) is 0 Å². The number of aliphatic hydroxyl groups excluding tert-OH is 1. The molecule has 3 rings (SSSR count). The quantitative estimate of drug-likeness (QED) is 0.769. The molecule has 0 unspecified atom stereocenters. The number of amides is 1. The first kappa shape index (κ1) is 14.4. The standard InChI is InChI=1S/C16H22N2O3/c19-15-8-14(9-15)17-12-6-13(7-12)18-16(20)21-10-11-4-2-1-3-5-11/h1-5,12-15,17,19H,6-10H2,(H,18,20). The van der Waals surface area contributed by atoms with Crippen molar-refractivity contribution in [2.45, 2.75) is 56.5 Å². The second-order valence-corrected chi connectivity index (χ2v) is 6.06. The second-order valence-electron chi connectivity index (χ2n) is 6.06. The lowest BCUT2D eigenvalue weighted by atomic mass is 9.82. The summed E-state index contributed by atoms with van der Waals surface area (Å²) in [5, 5.41) is 15.6. The van der Waals surface area contributed by atoms with E-state index in [1.54, 1.807) is 0 Å². The summed E-state index contributed by atoms with van der Waals surface area (Å²) < 4.78 is 5.19. The van der Waals surface area contributed by atoms with E-state index in [4.69, 9.17) is 4.74 Å². The Morgan fingerprint density at radius 3 is 2.43 bits per heavy atom. The summed E-state index contributed by atoms with van der Waals surface area (Å²) in [5.74, 6) is 0. The van der Waals surface area contributed by atoms with Crippen LogP contribution in [0.2, 0.25) is 0 Å². The predicted octanol–water partition coefficient (Wildman–Crippen LogP) is 1.56. The molecule has 0 saturated heterocycles. The Morgan fingerprint density at radius 1 is 1.10 bits per heavy atom. The summed E-state index contributed by atoms with van der Waals surface area (Å²) in [6.45, 7) is 0.307. The molecule has 5 heteroatoms. The number of carbonyl (C=O) groups is 1. The number of hydrogen-bond acceptors (Lipinski definition) is 4. The van der Waals surface area contributed by atoms with E-state index in [-0.39, 0.29) is 18.2 Å². The summed E-state index contributed by atoms with van der Waals surface area (Å²) in [4.78, 5) is 11.7. The van der Waals surface area contributed by atoms with Crippen LogP contribution < -0.4 is 10.6 Å². The molecule has 2 saturated carbocycles. The summed E-state index contributed by atoms with van der Waals surface area (Å²) in [6.07, 6.45) is 3.12. The topological polar surface area (TPSA) is 70.6 Å². The van der Waals surface area contributed by atoms with Crippen molar-refractivity contribution < 1.29 is 14.6 Å². The molecule has 0 aromatic heterocycles. The molecular formula is C16H22N2O3. The maximum absolute atomic E-state index is 11.7. The molecule has 0 bridgehead atoms. The van der Waals surface area contributed by atoms with Crippen LogP contribution >= 0.6 is 0 Å². The van der Waals surface area contributed by atoms with Crippen LogP contribution in [0.25, 0.3) is 0 Å². The molecule has 0 radical (unpaired) electrons. The zero-order valence-corrected chi connectivity index (χ0v) is 12.0. The average molecular weight is 290 g/mol. The molecule has 2 aliphatic rings. The van der Waals surface area contributed by atoms with Crippen molar-refractivity contribution in [3.8, 4) is 0 Å². The first-order valence-corrected chi connectivity index (χ1v) is 7.60. The lowest BCUT2D eigenvalue weighted by molar-refractivity contribution is 0.0488. The van der Waals surface area contributed by atoms with Crippen molar-refractivity contribution in [2.75, 3.05) is 0 Å². The Labute approximate surface area is 124 Å². The van der Waals surface area contributed by atoms with Gasteiger partial charge in [-0.1, -0.05) is 30.3 Å². The first-order chi connectivity index (χ1) is 10.2. The molecular weight excluding hydrogens is 268 g/mol. The van der Waals surface area contributed by atoms with Gasteiger partial charge in [-0.2, -0.15) is 0 Å². The molecule has 2 fully saturated rings. The molecule has 0 aliphatic heterocycles. The van der Waals surface area contributed by atoms with E-state index in [1.807, 2.05) is 30.3 Å². The number of benzene rings is 1. The van der Waals surface area contributed by atoms with Crippen LogP contribution in [0.15, 0.2) is 30.3 Å². The van der Waals surface area contributed by atoms with Gasteiger partial charge in [-0.3, -0.25) is 0 Å². The van der Waals surface area contributed by atoms with Crippen LogP contribution in [0.1, 0.15) is 31.2 Å². The number of rotatable bonds is 5. The number of nitrogens with one attached hydrogen (secondary N) is 2. The lowest BCUT2D eigenvalue weighted by Crippen LogP contribution is -2.57. The molecule has 2 aliphatic carbocycles. The molecule has 5 nitrogen and oxygen atoms in total. The smallest absolute Gasteiger partial charge is 0.407 e. The fraction of sp³-hybridized carbons (Fsp3) is 0.562. The fourth-order valence-corrected chi connectivity index (χ4v) is 2.86. The third kappa shape index (κ3) is 3.95. The molecule has 1 aromatic rings. The SMILES string of the molecule is O=C(NC1CC(NC2CC(O)C2)C1)OCc1ccccc1. The van der Waals surface area contributed by atoms with Gasteiger partial charge in [-0.15, -0.1) is 0 Å². The van der Waals surface area contributed by atoms with Crippen LogP contribution in [0.5, 0.6) is 0 Å². The Kier molecular flexibility index (Phi) is 4.41. The second kappa shape index (κ2) is 6.45. The van der Waals surface area contributed by atoms with Crippen molar-refractivity contribution in [3.05, 3.63) is 35.9 Å². The van der Waals surface area contributed by atoms with Crippen LogP contribution in [-0.4, -0.2) is 35.4 Å². The van der Waals surface area contributed by atoms with E-state index in [0.717, 1.165) is 31.2 Å². The lowest BCUT2D eigenvalue weighted by Gasteiger charge is -2.42. The Bertz CT molecular complexity index is 468. The minimum atomic E-state index is -0.346. The maximum Gasteiger partial charge on any atom is 0.407 e. The van der Waals surface area contributed by atoms with Gasteiger partial charge >= 0.3 is 6.09 Å². The number of ether oxygens (including phenoxy) is 1. The summed E-state index contributed by atoms with van der Waals surface area (Å²) in [6, 6.07) is 10.8. The van der Waals surface area contributed by atoms with E-state index in [2.05, 4.69) is 10.6 Å². The highest BCUT2D eigenvalue weighted by Crippen LogP contribution is 2.26. The normalized spacial score (nSPS) is 30.9. The largest absolute Gasteiger partial charge is 0.445 e. The van der Waals surface area contributed by atoms with Crippen molar-refractivity contribution >= 4 is 6.09 Å². The van der Waals surface area contributed by atoms with E-state index in [0.29, 0.717) is 18.7 Å². The van der Waals surface area contributed by atoms with Gasteiger partial charge in [-0.05, 0) is 31.2 Å². The third-order valence-corrected chi connectivity index (χ3v) is 4.26. The van der Waals surface area contributed by atoms with Gasteiger partial charge in [0.2, 0.25) is 0 Å². The monoisotopic (exact) mass is 290 g/mol. The molecule has 114 valence electrons. The predicted molar refractivity (Wildman–Crippen MR) is 78.7 cm³/mol. The summed E-state index contributed by atoms with van der Waals surface area (Å²) >= 11 is 0. The molecule has 0 spiro atoms. The summed E-state index contributed by atoms with van der Waals surface area (Å²) in [7, 11) is 0. The first-order valence-electron chi connectivity index (χ1n) is 7.60. The number of aliphatic hydroxyl groups is 1. The molecule has 3 N–H and O–H groups in total. The van der Waals surface area contributed by atoms with Gasteiger partial charge < -0.3 is 20.5 Å². The van der Waals surface area contributed by atoms with Crippen LogP contribution in [0.4, 0.5) is 4.79 Å². The minimum absolute atomic E-state index is 0.121. The van der Waals surface area contributed by atoms with E-state index in [9.17, 15) is 9.90 Å². The van der Waals surface area contributed by atoms with Crippen LogP contribution in [0.3, 0.4) is 0 Å². The van der Waals surface area contributed by atoms with Gasteiger partial charge in [0.1, 0.15) is 6.61 Å². The van der Waals surface area contributed by atoms with Crippen LogP contribution in [-0.2, 0) is 11.3 Å². The van der Waals surface area contributed by atoms with Gasteiger partial charge in [-0.25, -0.2) is 4.79 Å². The maximum atomic E-state index is 11.7. The third-order valence-electron chi connectivity index (χ3n) is 4.26. The highest BCUT2D eigenvalue weighted by atomic mass is 16.5. The van der Waals surface area contributed by atoms with E-state index < -0.39 is 0 Å². The molecule has 0 heterocycles. The highest BCUT2D eigenvalue weighted by molar-refractivity contribution is 5.67. The van der Waals surface area contributed by atoms with E-state index in [1.165, 1.54) is 0 Å². The molecule has 21 heavy (non-hydrogen) atoms. The highest BCUT2D eigenvalue weighted by Gasteiger charge is 2.35. The average Bonchev–Trinajstić information content (AvgIpc) is 2.42. The van der Waals surface area contributed by atoms with Gasteiger partial charge in [0.05, 0.1) is 6.10 Å². The number of hydrogen-bond donors (Lipinski definition) is 3. The number of alkyl carbamates (subject to hydrolysis) is 1. The van der Waals surface area contributed by atoms with E-state index >= 15 is 0 Å². The number of carbonyl (C=O) groups excluding carboxylic acids is 1. The molecule has 1 aromatic carbocycles. The van der Waals surface area contributed by atoms with Crippen molar-refractivity contribution in [3.63, 3.8) is 0 Å². The van der Waals surface area contributed by atoms with Crippen LogP contribution in [0, 0.1) is 0 Å². The van der Waals surface area contributed by atoms with Gasteiger partial charge in [0.25, 0.3) is 0 Å².